The summed E-state index contributed by atoms with van der Waals surface area (Å²) < 4.78 is 0. The number of hydrogen-bond acceptors (Lipinski definition) is 4. The van der Waals surface area contributed by atoms with Crippen molar-refractivity contribution in [3.63, 3.8) is 0 Å². The minimum absolute atomic E-state index is 0.360. The molecule has 0 aromatic heterocycles. The molecule has 232 valence electrons. The molecule has 0 aliphatic carbocycles. The Morgan fingerprint density at radius 1 is 0.615 bits per heavy atom. The van der Waals surface area contributed by atoms with E-state index in [1.54, 1.807) is 6.08 Å². The minimum Gasteiger partial charge on any atom is -0.394 e. The van der Waals surface area contributed by atoms with Gasteiger partial charge in [-0.1, -0.05) is 167 Å². The molecule has 0 bridgehead atoms. The number of amides is 1. The van der Waals surface area contributed by atoms with E-state index in [2.05, 4.69) is 19.2 Å². The minimum atomic E-state index is -1.09. The highest BCUT2D eigenvalue weighted by Crippen LogP contribution is 2.14. The fraction of sp³-hybridized carbons (Fsp3) is 0.912. The van der Waals surface area contributed by atoms with Crippen LogP contribution in [0.5, 0.6) is 0 Å². The van der Waals surface area contributed by atoms with Crippen LogP contribution in [0.15, 0.2) is 12.2 Å². The highest BCUT2D eigenvalue weighted by molar-refractivity contribution is 5.80. The second kappa shape index (κ2) is 30.1. The summed E-state index contributed by atoms with van der Waals surface area (Å²) in [5.74, 6) is -0.506. The van der Waals surface area contributed by atoms with Crippen molar-refractivity contribution in [3.05, 3.63) is 12.2 Å². The lowest BCUT2D eigenvalue weighted by Crippen LogP contribution is -2.48. The molecule has 0 saturated heterocycles. The van der Waals surface area contributed by atoms with Crippen LogP contribution in [0, 0.1) is 0 Å². The van der Waals surface area contributed by atoms with Gasteiger partial charge in [-0.3, -0.25) is 4.79 Å². The first-order valence-corrected chi connectivity index (χ1v) is 17.0. The lowest BCUT2D eigenvalue weighted by molar-refractivity contribution is -0.131. The normalized spacial score (nSPS) is 14.1. The van der Waals surface area contributed by atoms with E-state index in [0.717, 1.165) is 32.1 Å². The number of allylic oxidation sites excluding steroid dienone is 1. The first-order chi connectivity index (χ1) is 19.1. The zero-order valence-corrected chi connectivity index (χ0v) is 26.0. The Bertz CT molecular complexity index is 539. The summed E-state index contributed by atoms with van der Waals surface area (Å²) in [7, 11) is 0. The van der Waals surface area contributed by atoms with Crippen LogP contribution in [-0.2, 0) is 4.79 Å². The highest BCUT2D eigenvalue weighted by Gasteiger charge is 2.22. The molecule has 3 atom stereocenters. The summed E-state index contributed by atoms with van der Waals surface area (Å²) in [4.78, 5) is 12.3. The fourth-order valence-electron chi connectivity index (χ4n) is 5.12. The van der Waals surface area contributed by atoms with E-state index in [1.807, 2.05) is 6.08 Å². The smallest absolute Gasteiger partial charge is 0.249 e. The van der Waals surface area contributed by atoms with E-state index >= 15 is 0 Å². The zero-order valence-electron chi connectivity index (χ0n) is 26.0. The van der Waals surface area contributed by atoms with Gasteiger partial charge < -0.3 is 20.6 Å². The molecule has 0 saturated carbocycles. The Labute approximate surface area is 242 Å². The lowest BCUT2D eigenvalue weighted by atomic mass is 10.0. The number of hydrogen-bond donors (Lipinski definition) is 4. The number of carbonyl (C=O) groups is 1. The number of unbranched alkanes of at least 4 members (excludes halogenated alkanes) is 22. The van der Waals surface area contributed by atoms with Crippen LogP contribution in [0.25, 0.3) is 0 Å². The van der Waals surface area contributed by atoms with Gasteiger partial charge in [0.15, 0.2) is 0 Å². The Morgan fingerprint density at radius 2 is 1.00 bits per heavy atom. The van der Waals surface area contributed by atoms with Gasteiger partial charge in [0.2, 0.25) is 5.91 Å². The van der Waals surface area contributed by atoms with Gasteiger partial charge >= 0.3 is 0 Å². The SMILES string of the molecule is CCCCCCCCCCCCCCCC/C=C/C(O)C(CO)NC(=O)C(O)CCCCCCCCCCC. The molecule has 0 aromatic rings. The molecule has 0 aromatic carbocycles. The van der Waals surface area contributed by atoms with E-state index in [1.165, 1.54) is 122 Å². The van der Waals surface area contributed by atoms with Gasteiger partial charge in [-0.05, 0) is 19.3 Å². The van der Waals surface area contributed by atoms with Crippen molar-refractivity contribution in [1.82, 2.24) is 5.32 Å². The van der Waals surface area contributed by atoms with Gasteiger partial charge in [-0.25, -0.2) is 0 Å². The van der Waals surface area contributed by atoms with Crippen molar-refractivity contribution in [2.24, 2.45) is 0 Å². The first kappa shape index (κ1) is 38.1. The second-order valence-corrected chi connectivity index (χ2v) is 11.7. The van der Waals surface area contributed by atoms with Gasteiger partial charge in [-0.2, -0.15) is 0 Å². The third-order valence-electron chi connectivity index (χ3n) is 7.88. The molecule has 0 aliphatic heterocycles. The number of rotatable bonds is 30. The van der Waals surface area contributed by atoms with Gasteiger partial charge in [0.05, 0.1) is 18.8 Å². The van der Waals surface area contributed by atoms with Crippen molar-refractivity contribution in [2.45, 2.75) is 193 Å². The van der Waals surface area contributed by atoms with Crippen LogP contribution in [-0.4, -0.2) is 46.1 Å². The molecule has 39 heavy (non-hydrogen) atoms. The molecule has 0 heterocycles. The summed E-state index contributed by atoms with van der Waals surface area (Å²) in [5.41, 5.74) is 0. The monoisotopic (exact) mass is 554 g/mol. The maximum atomic E-state index is 12.3. The maximum Gasteiger partial charge on any atom is 0.249 e. The highest BCUT2D eigenvalue weighted by atomic mass is 16.3. The number of aliphatic hydroxyl groups is 3. The van der Waals surface area contributed by atoms with E-state index in [4.69, 9.17) is 0 Å². The Morgan fingerprint density at radius 3 is 1.41 bits per heavy atom. The molecule has 3 unspecified atom stereocenters. The molecule has 5 heteroatoms. The third kappa shape index (κ3) is 25.8. The number of nitrogens with one attached hydrogen (secondary N) is 1. The average molecular weight is 554 g/mol. The van der Waals surface area contributed by atoms with Crippen LogP contribution in [0.1, 0.15) is 174 Å². The predicted octanol–water partition coefficient (Wildman–Crippen LogP) is 8.53. The van der Waals surface area contributed by atoms with E-state index in [9.17, 15) is 20.1 Å². The van der Waals surface area contributed by atoms with Crippen LogP contribution in [0.2, 0.25) is 0 Å². The van der Waals surface area contributed by atoms with Gasteiger partial charge in [0.25, 0.3) is 0 Å². The first-order valence-electron chi connectivity index (χ1n) is 17.0. The molecule has 0 radical (unpaired) electrons. The molecule has 0 spiro atoms. The fourth-order valence-corrected chi connectivity index (χ4v) is 5.12. The molecule has 0 rings (SSSR count). The molecule has 1 amide bonds. The van der Waals surface area contributed by atoms with E-state index in [0.29, 0.717) is 6.42 Å². The van der Waals surface area contributed by atoms with Crippen LogP contribution >= 0.6 is 0 Å². The van der Waals surface area contributed by atoms with Gasteiger partial charge in [-0.15, -0.1) is 0 Å². The number of aliphatic hydroxyl groups excluding tert-OH is 3. The van der Waals surface area contributed by atoms with Gasteiger partial charge in [0, 0.05) is 0 Å². The largest absolute Gasteiger partial charge is 0.394 e. The van der Waals surface area contributed by atoms with Crippen molar-refractivity contribution < 1.29 is 20.1 Å². The standard InChI is InChI=1S/C34H67NO4/c1-3-5-7-9-11-13-14-15-16-17-18-19-21-22-24-26-28-32(37)31(30-36)35-34(39)33(38)29-27-25-23-20-12-10-8-6-4-2/h26,28,31-33,36-38H,3-25,27,29-30H2,1-2H3,(H,35,39)/b28-26+. The molecule has 0 fully saturated rings. The summed E-state index contributed by atoms with van der Waals surface area (Å²) in [6, 6.07) is -0.789. The summed E-state index contributed by atoms with van der Waals surface area (Å²) in [5, 5.41) is 32.8. The topological polar surface area (TPSA) is 89.8 Å². The summed E-state index contributed by atoms with van der Waals surface area (Å²) >= 11 is 0. The van der Waals surface area contributed by atoms with Gasteiger partial charge in [0.1, 0.15) is 6.10 Å². The molecular weight excluding hydrogens is 486 g/mol. The predicted molar refractivity (Wildman–Crippen MR) is 167 cm³/mol. The van der Waals surface area contributed by atoms with Crippen LogP contribution in [0.3, 0.4) is 0 Å². The van der Waals surface area contributed by atoms with Crippen LogP contribution in [0.4, 0.5) is 0 Å². The van der Waals surface area contributed by atoms with E-state index in [-0.39, 0.29) is 6.61 Å². The van der Waals surface area contributed by atoms with Crippen molar-refractivity contribution in [2.75, 3.05) is 6.61 Å². The summed E-state index contributed by atoms with van der Waals surface area (Å²) in [6.07, 6.45) is 32.3. The number of carbonyl (C=O) groups excluding carboxylic acids is 1. The Kier molecular flexibility index (Phi) is 29.4. The third-order valence-corrected chi connectivity index (χ3v) is 7.88. The molecule has 0 aliphatic rings. The average Bonchev–Trinajstić information content (AvgIpc) is 2.94. The van der Waals surface area contributed by atoms with Crippen molar-refractivity contribution >= 4 is 5.91 Å². The quantitative estimate of drug-likeness (QED) is 0.0530. The van der Waals surface area contributed by atoms with E-state index < -0.39 is 24.2 Å². The lowest BCUT2D eigenvalue weighted by Gasteiger charge is -2.21. The second-order valence-electron chi connectivity index (χ2n) is 11.7. The Hall–Kier alpha value is -0.910. The summed E-state index contributed by atoms with van der Waals surface area (Å²) in [6.45, 7) is 4.13. The molecule has 4 N–H and O–H groups in total. The molecule has 5 nitrogen and oxygen atoms in total. The maximum absolute atomic E-state index is 12.3. The Balaban J connectivity index is 3.75. The molecular formula is C34H67NO4. The van der Waals surface area contributed by atoms with Crippen LogP contribution < -0.4 is 5.32 Å². The van der Waals surface area contributed by atoms with Crippen molar-refractivity contribution in [3.8, 4) is 0 Å². The van der Waals surface area contributed by atoms with Crippen molar-refractivity contribution in [1.29, 1.82) is 0 Å². The zero-order chi connectivity index (χ0) is 28.8.